The maximum atomic E-state index is 4.14. The molecule has 2 aliphatic rings. The van der Waals surface area contributed by atoms with Crippen LogP contribution in [0.2, 0.25) is 0 Å². The Morgan fingerprint density at radius 3 is 1.50 bits per heavy atom. The van der Waals surface area contributed by atoms with Gasteiger partial charge in [-0.25, -0.2) is 0 Å². The van der Waals surface area contributed by atoms with Crippen LogP contribution < -0.4 is 0 Å². The van der Waals surface area contributed by atoms with Crippen LogP contribution in [0, 0.1) is 0 Å². The molecule has 2 aliphatic carbocycles. The van der Waals surface area contributed by atoms with Crippen LogP contribution in [0.15, 0.2) is 47.0 Å². The van der Waals surface area contributed by atoms with E-state index in [2.05, 4.69) is 46.1 Å². The zero-order chi connectivity index (χ0) is 10.1. The molecular weight excluding hydrogens is 215 g/mol. The molecule has 0 spiro atoms. The predicted molar refractivity (Wildman–Crippen MR) is 58.6 cm³/mol. The number of hydrogen-bond acceptors (Lipinski definition) is 0. The van der Waals surface area contributed by atoms with Gasteiger partial charge in [-0.15, -0.1) is 0 Å². The second-order valence-electron chi connectivity index (χ2n) is 3.31. The van der Waals surface area contributed by atoms with Gasteiger partial charge in [-0.05, 0) is 25.7 Å². The molecule has 0 atom stereocenters. The van der Waals surface area contributed by atoms with E-state index in [0.717, 1.165) is 10.9 Å². The van der Waals surface area contributed by atoms with Gasteiger partial charge in [0.2, 0.25) is 0 Å². The van der Waals surface area contributed by atoms with Crippen molar-refractivity contribution in [2.75, 3.05) is 0 Å². The second-order valence-corrected chi connectivity index (χ2v) is 3.98. The molecule has 0 fully saturated rings. The predicted octanol–water partition coefficient (Wildman–Crippen LogP) is 4.05. The summed E-state index contributed by atoms with van der Waals surface area (Å²) in [6.07, 6.45) is 21.1. The SMILES string of the molecule is C1=CCCC=CCC1.[Co][C]1=CC=CC1. The first kappa shape index (κ1) is 11.5. The Balaban J connectivity index is 0.000000146. The van der Waals surface area contributed by atoms with Gasteiger partial charge in [0.15, 0.2) is 0 Å². The molecule has 0 aromatic rings. The van der Waals surface area contributed by atoms with Gasteiger partial charge >= 0.3 is 44.9 Å². The van der Waals surface area contributed by atoms with Gasteiger partial charge < -0.3 is 0 Å². The normalized spacial score (nSPS) is 19.4. The molecule has 0 aliphatic heterocycles. The molecule has 0 aromatic carbocycles. The Bertz CT molecular complexity index is 230. The van der Waals surface area contributed by atoms with Gasteiger partial charge in [0, 0.05) is 0 Å². The van der Waals surface area contributed by atoms with Crippen LogP contribution >= 0.6 is 0 Å². The van der Waals surface area contributed by atoms with Crippen LogP contribution in [0.5, 0.6) is 0 Å². The van der Waals surface area contributed by atoms with E-state index in [1.807, 2.05) is 12.2 Å². The van der Waals surface area contributed by atoms with Crippen LogP contribution in [-0.2, 0) is 15.7 Å². The Morgan fingerprint density at radius 2 is 1.29 bits per heavy atom. The summed E-state index contributed by atoms with van der Waals surface area (Å²) in [5, 5.41) is 0. The van der Waals surface area contributed by atoms with Crippen molar-refractivity contribution in [2.24, 2.45) is 0 Å². The van der Waals surface area contributed by atoms with Crippen molar-refractivity contribution in [1.29, 1.82) is 0 Å². The van der Waals surface area contributed by atoms with Crippen molar-refractivity contribution in [3.05, 3.63) is 47.0 Å². The Hall–Kier alpha value is -0.534. The van der Waals surface area contributed by atoms with Crippen LogP contribution in [0.25, 0.3) is 0 Å². The van der Waals surface area contributed by atoms with E-state index in [9.17, 15) is 0 Å². The zero-order valence-electron chi connectivity index (χ0n) is 8.41. The van der Waals surface area contributed by atoms with Crippen LogP contribution in [-0.4, -0.2) is 0 Å². The maximum absolute atomic E-state index is 4.14. The first-order valence-electron chi connectivity index (χ1n) is 5.18. The third-order valence-electron chi connectivity index (χ3n) is 2.04. The summed E-state index contributed by atoms with van der Waals surface area (Å²) in [5.41, 5.74) is 0. The third kappa shape index (κ3) is 6.00. The van der Waals surface area contributed by atoms with E-state index in [4.69, 9.17) is 0 Å². The summed E-state index contributed by atoms with van der Waals surface area (Å²) in [6, 6.07) is 0. The van der Waals surface area contributed by atoms with Gasteiger partial charge in [-0.1, -0.05) is 24.3 Å². The van der Waals surface area contributed by atoms with Crippen molar-refractivity contribution in [3.63, 3.8) is 0 Å². The van der Waals surface area contributed by atoms with Crippen molar-refractivity contribution in [1.82, 2.24) is 0 Å². The summed E-state index contributed by atoms with van der Waals surface area (Å²) in [4.78, 5) is 0. The average Bonchev–Trinajstić information content (AvgIpc) is 2.55. The van der Waals surface area contributed by atoms with Gasteiger partial charge in [0.05, 0.1) is 0 Å². The molecular formula is C13H17Co. The number of allylic oxidation sites excluding steroid dienone is 8. The van der Waals surface area contributed by atoms with Crippen molar-refractivity contribution in [3.8, 4) is 0 Å². The van der Waals surface area contributed by atoms with E-state index in [1.165, 1.54) is 25.7 Å². The monoisotopic (exact) mass is 232 g/mol. The third-order valence-corrected chi connectivity index (χ3v) is 2.43. The molecule has 1 heteroatoms. The Labute approximate surface area is 95.1 Å². The molecule has 0 amide bonds. The summed E-state index contributed by atoms with van der Waals surface area (Å²) < 4.78 is 1.16. The van der Waals surface area contributed by atoms with Gasteiger partial charge in [-0.3, -0.25) is 0 Å². The molecule has 0 aromatic heterocycles. The molecule has 0 N–H and O–H groups in total. The first-order valence-corrected chi connectivity index (χ1v) is 5.70. The van der Waals surface area contributed by atoms with Crippen LogP contribution in [0.1, 0.15) is 32.1 Å². The van der Waals surface area contributed by atoms with Crippen molar-refractivity contribution >= 4 is 0 Å². The van der Waals surface area contributed by atoms with Crippen LogP contribution in [0.4, 0.5) is 0 Å². The van der Waals surface area contributed by atoms with E-state index in [-0.39, 0.29) is 0 Å². The minimum atomic E-state index is 1.03. The average molecular weight is 232 g/mol. The van der Waals surface area contributed by atoms with Crippen molar-refractivity contribution in [2.45, 2.75) is 32.1 Å². The molecule has 0 saturated heterocycles. The molecule has 2 rings (SSSR count). The summed E-state index contributed by atoms with van der Waals surface area (Å²) in [7, 11) is 0. The van der Waals surface area contributed by atoms with E-state index in [0.29, 0.717) is 0 Å². The van der Waals surface area contributed by atoms with Crippen LogP contribution in [0.3, 0.4) is 0 Å². The molecule has 0 heterocycles. The molecule has 0 nitrogen and oxygen atoms in total. The Kier molecular flexibility index (Phi) is 6.46. The summed E-state index contributed by atoms with van der Waals surface area (Å²) in [6.45, 7) is 0. The zero-order valence-corrected chi connectivity index (χ0v) is 9.45. The first-order chi connectivity index (χ1) is 6.89. The van der Waals surface area contributed by atoms with Gasteiger partial charge in [-0.2, -0.15) is 0 Å². The van der Waals surface area contributed by atoms with E-state index < -0.39 is 0 Å². The fourth-order valence-electron chi connectivity index (χ4n) is 1.27. The standard InChI is InChI=1S/C8H12.C5H5.Co/c1-2-4-6-8-7-5-3-1;1-2-4-5-3-1;/h1-2,7-8H,3-6H2;1-3H,4H2;. The molecule has 78 valence electrons. The molecule has 0 saturated carbocycles. The summed E-state index contributed by atoms with van der Waals surface area (Å²) in [5.74, 6) is 0. The fraction of sp³-hybridized carbons (Fsp3) is 0.385. The fourth-order valence-corrected chi connectivity index (χ4v) is 1.49. The summed E-state index contributed by atoms with van der Waals surface area (Å²) >= 11 is 4.14. The number of rotatable bonds is 0. The minimum absolute atomic E-state index is 1.03. The second kappa shape index (κ2) is 7.83. The molecule has 0 unspecified atom stereocenters. The van der Waals surface area contributed by atoms with Crippen molar-refractivity contribution < 1.29 is 15.7 Å². The quantitative estimate of drug-likeness (QED) is 0.553. The molecule has 0 radical (unpaired) electrons. The van der Waals surface area contributed by atoms with E-state index >= 15 is 0 Å². The van der Waals surface area contributed by atoms with Gasteiger partial charge in [0.25, 0.3) is 0 Å². The Morgan fingerprint density at radius 1 is 0.786 bits per heavy atom. The molecule has 0 bridgehead atoms. The molecule has 14 heavy (non-hydrogen) atoms. The topological polar surface area (TPSA) is 0 Å². The number of hydrogen-bond donors (Lipinski definition) is 0. The van der Waals surface area contributed by atoms with Gasteiger partial charge in [0.1, 0.15) is 0 Å². The van der Waals surface area contributed by atoms with E-state index in [1.54, 1.807) is 0 Å².